The van der Waals surface area contributed by atoms with E-state index in [1.807, 2.05) is 12.1 Å². The van der Waals surface area contributed by atoms with Gasteiger partial charge in [0.1, 0.15) is 0 Å². The SMILES string of the molecule is CCCNC1CC(c2ccccc2Cl)C1(C)C. The Hall–Kier alpha value is -0.530. The van der Waals surface area contributed by atoms with Gasteiger partial charge in [0.25, 0.3) is 0 Å². The Kier molecular flexibility index (Phi) is 3.79. The summed E-state index contributed by atoms with van der Waals surface area (Å²) in [5.74, 6) is 0.588. The molecule has 0 aliphatic heterocycles. The van der Waals surface area contributed by atoms with Crippen molar-refractivity contribution in [2.45, 2.75) is 45.6 Å². The van der Waals surface area contributed by atoms with Gasteiger partial charge in [-0.3, -0.25) is 0 Å². The monoisotopic (exact) mass is 251 g/mol. The molecule has 1 aliphatic carbocycles. The number of halogens is 1. The van der Waals surface area contributed by atoms with Crippen LogP contribution in [0.15, 0.2) is 24.3 Å². The lowest BCUT2D eigenvalue weighted by Crippen LogP contribution is -2.55. The molecule has 1 aliphatic rings. The Labute approximate surface area is 110 Å². The van der Waals surface area contributed by atoms with E-state index in [4.69, 9.17) is 11.6 Å². The maximum absolute atomic E-state index is 6.29. The molecule has 2 atom stereocenters. The number of nitrogens with one attached hydrogen (secondary N) is 1. The summed E-state index contributed by atoms with van der Waals surface area (Å²) in [6, 6.07) is 8.89. The van der Waals surface area contributed by atoms with Gasteiger partial charge in [-0.15, -0.1) is 0 Å². The molecule has 0 saturated heterocycles. The van der Waals surface area contributed by atoms with Crippen LogP contribution in [0.5, 0.6) is 0 Å². The van der Waals surface area contributed by atoms with Crippen LogP contribution in [0.1, 0.15) is 45.1 Å². The van der Waals surface area contributed by atoms with E-state index in [-0.39, 0.29) is 0 Å². The van der Waals surface area contributed by atoms with Gasteiger partial charge in [0.15, 0.2) is 0 Å². The van der Waals surface area contributed by atoms with Gasteiger partial charge < -0.3 is 5.32 Å². The van der Waals surface area contributed by atoms with Crippen molar-refractivity contribution in [3.05, 3.63) is 34.9 Å². The molecule has 2 rings (SSSR count). The van der Waals surface area contributed by atoms with E-state index in [0.717, 1.165) is 11.6 Å². The second kappa shape index (κ2) is 4.99. The molecule has 1 nitrogen and oxygen atoms in total. The summed E-state index contributed by atoms with van der Waals surface area (Å²) in [4.78, 5) is 0. The molecule has 1 aromatic carbocycles. The molecule has 0 aromatic heterocycles. The van der Waals surface area contributed by atoms with Crippen molar-refractivity contribution in [2.24, 2.45) is 5.41 Å². The Morgan fingerprint density at radius 3 is 2.65 bits per heavy atom. The van der Waals surface area contributed by atoms with Gasteiger partial charge in [0.2, 0.25) is 0 Å². The first-order chi connectivity index (χ1) is 8.07. The molecule has 1 fully saturated rings. The van der Waals surface area contributed by atoms with Crippen LogP contribution in [-0.4, -0.2) is 12.6 Å². The topological polar surface area (TPSA) is 12.0 Å². The van der Waals surface area contributed by atoms with Gasteiger partial charge >= 0.3 is 0 Å². The van der Waals surface area contributed by atoms with E-state index in [0.29, 0.717) is 17.4 Å². The molecule has 0 heterocycles. The highest BCUT2D eigenvalue weighted by Gasteiger charge is 2.48. The molecule has 0 amide bonds. The Morgan fingerprint density at radius 2 is 2.06 bits per heavy atom. The van der Waals surface area contributed by atoms with Crippen LogP contribution in [0.2, 0.25) is 5.02 Å². The molecular weight excluding hydrogens is 230 g/mol. The van der Waals surface area contributed by atoms with Crippen molar-refractivity contribution in [3.63, 3.8) is 0 Å². The van der Waals surface area contributed by atoms with Crippen LogP contribution in [0.25, 0.3) is 0 Å². The van der Waals surface area contributed by atoms with Crippen molar-refractivity contribution in [3.8, 4) is 0 Å². The molecule has 2 heteroatoms. The highest BCUT2D eigenvalue weighted by Crippen LogP contribution is 2.53. The number of hydrogen-bond donors (Lipinski definition) is 1. The van der Waals surface area contributed by atoms with Gasteiger partial charge in [0.05, 0.1) is 0 Å². The quantitative estimate of drug-likeness (QED) is 0.845. The van der Waals surface area contributed by atoms with E-state index in [2.05, 4.69) is 38.2 Å². The third-order valence-corrected chi connectivity index (χ3v) is 4.53. The second-order valence-electron chi connectivity index (χ2n) is 5.64. The van der Waals surface area contributed by atoms with Crippen molar-refractivity contribution >= 4 is 11.6 Å². The van der Waals surface area contributed by atoms with E-state index in [1.54, 1.807) is 0 Å². The standard InChI is InChI=1S/C15H22ClN/c1-4-9-17-14-10-12(15(14,2)3)11-7-5-6-8-13(11)16/h5-8,12,14,17H,4,9-10H2,1-3H3. The third kappa shape index (κ3) is 2.36. The Balaban J connectivity index is 2.09. The molecule has 0 radical (unpaired) electrons. The van der Waals surface area contributed by atoms with Gasteiger partial charge in [-0.2, -0.15) is 0 Å². The normalized spacial score (nSPS) is 26.6. The van der Waals surface area contributed by atoms with Crippen LogP contribution in [0.3, 0.4) is 0 Å². The molecule has 94 valence electrons. The average Bonchev–Trinajstić information content (AvgIpc) is 2.30. The van der Waals surface area contributed by atoms with Crippen LogP contribution in [0.4, 0.5) is 0 Å². The lowest BCUT2D eigenvalue weighted by atomic mass is 9.56. The predicted octanol–water partition coefficient (Wildman–Crippen LogP) is 4.22. The summed E-state index contributed by atoms with van der Waals surface area (Å²) in [6.45, 7) is 8.02. The molecule has 0 spiro atoms. The molecule has 1 saturated carbocycles. The van der Waals surface area contributed by atoms with Crippen molar-refractivity contribution in [2.75, 3.05) is 6.54 Å². The second-order valence-corrected chi connectivity index (χ2v) is 6.05. The maximum Gasteiger partial charge on any atom is 0.0441 e. The molecule has 17 heavy (non-hydrogen) atoms. The lowest BCUT2D eigenvalue weighted by Gasteiger charge is -2.53. The minimum Gasteiger partial charge on any atom is -0.313 e. The zero-order valence-electron chi connectivity index (χ0n) is 11.0. The van der Waals surface area contributed by atoms with E-state index in [1.165, 1.54) is 18.4 Å². The van der Waals surface area contributed by atoms with Crippen molar-refractivity contribution in [1.29, 1.82) is 0 Å². The van der Waals surface area contributed by atoms with Gasteiger partial charge in [0, 0.05) is 11.1 Å². The Bertz CT molecular complexity index is 386. The molecule has 1 N–H and O–H groups in total. The van der Waals surface area contributed by atoms with Crippen LogP contribution < -0.4 is 5.32 Å². The zero-order chi connectivity index (χ0) is 12.5. The third-order valence-electron chi connectivity index (χ3n) is 4.19. The lowest BCUT2D eigenvalue weighted by molar-refractivity contribution is 0.0695. The average molecular weight is 252 g/mol. The molecule has 0 bridgehead atoms. The fourth-order valence-corrected chi connectivity index (χ4v) is 3.14. The highest BCUT2D eigenvalue weighted by atomic mass is 35.5. The smallest absolute Gasteiger partial charge is 0.0441 e. The zero-order valence-corrected chi connectivity index (χ0v) is 11.7. The summed E-state index contributed by atoms with van der Waals surface area (Å²) in [6.07, 6.45) is 2.40. The first-order valence-corrected chi connectivity index (χ1v) is 6.93. The van der Waals surface area contributed by atoms with Crippen molar-refractivity contribution in [1.82, 2.24) is 5.32 Å². The summed E-state index contributed by atoms with van der Waals surface area (Å²) >= 11 is 6.29. The van der Waals surface area contributed by atoms with E-state index < -0.39 is 0 Å². The fourth-order valence-electron chi connectivity index (χ4n) is 2.88. The fraction of sp³-hybridized carbons (Fsp3) is 0.600. The molecular formula is C15H22ClN. The van der Waals surface area contributed by atoms with Crippen LogP contribution in [0, 0.1) is 5.41 Å². The summed E-state index contributed by atoms with van der Waals surface area (Å²) in [5.41, 5.74) is 1.62. The molecule has 2 unspecified atom stereocenters. The van der Waals surface area contributed by atoms with Gasteiger partial charge in [-0.25, -0.2) is 0 Å². The molecule has 1 aromatic rings. The first-order valence-electron chi connectivity index (χ1n) is 6.55. The maximum atomic E-state index is 6.29. The Morgan fingerprint density at radius 1 is 1.35 bits per heavy atom. The van der Waals surface area contributed by atoms with E-state index >= 15 is 0 Å². The summed E-state index contributed by atoms with van der Waals surface area (Å²) in [5, 5.41) is 4.55. The van der Waals surface area contributed by atoms with E-state index in [9.17, 15) is 0 Å². The summed E-state index contributed by atoms with van der Waals surface area (Å²) < 4.78 is 0. The van der Waals surface area contributed by atoms with Gasteiger partial charge in [-0.05, 0) is 42.3 Å². The van der Waals surface area contributed by atoms with Crippen LogP contribution in [-0.2, 0) is 0 Å². The van der Waals surface area contributed by atoms with Crippen molar-refractivity contribution < 1.29 is 0 Å². The van der Waals surface area contributed by atoms with Gasteiger partial charge in [-0.1, -0.05) is 50.6 Å². The summed E-state index contributed by atoms with van der Waals surface area (Å²) in [7, 11) is 0. The minimum atomic E-state index is 0.306. The number of benzene rings is 1. The predicted molar refractivity (Wildman–Crippen MR) is 74.7 cm³/mol. The number of hydrogen-bond acceptors (Lipinski definition) is 1. The number of rotatable bonds is 4. The first kappa shape index (κ1) is 12.9. The highest BCUT2D eigenvalue weighted by molar-refractivity contribution is 6.31. The van der Waals surface area contributed by atoms with Crippen LogP contribution >= 0.6 is 11.6 Å². The minimum absolute atomic E-state index is 0.306. The largest absolute Gasteiger partial charge is 0.313 e.